The number of benzene rings is 1. The summed E-state index contributed by atoms with van der Waals surface area (Å²) in [5.74, 6) is -0.142. The number of halogens is 1. The lowest BCUT2D eigenvalue weighted by atomic mass is 10.1. The first-order valence-electron chi connectivity index (χ1n) is 4.48. The second-order valence-corrected chi connectivity index (χ2v) is 3.31. The van der Waals surface area contributed by atoms with Crippen LogP contribution in [0.25, 0.3) is 10.9 Å². The Bertz CT molecular complexity index is 443. The van der Waals surface area contributed by atoms with Crippen molar-refractivity contribution in [3.63, 3.8) is 0 Å². The molecule has 0 unspecified atom stereocenters. The van der Waals surface area contributed by atoms with E-state index in [1.807, 2.05) is 12.3 Å². The van der Waals surface area contributed by atoms with E-state index < -0.39 is 0 Å². The molecule has 0 aliphatic carbocycles. The van der Waals surface area contributed by atoms with E-state index in [2.05, 4.69) is 11.9 Å². The molecule has 1 heterocycles. The Balaban J connectivity index is 2.77. The summed E-state index contributed by atoms with van der Waals surface area (Å²) < 4.78 is 13.1. The molecule has 1 nitrogen and oxygen atoms in total. The maximum atomic E-state index is 13.1. The van der Waals surface area contributed by atoms with Gasteiger partial charge in [0.15, 0.2) is 0 Å². The van der Waals surface area contributed by atoms with Crippen LogP contribution in [0.5, 0.6) is 0 Å². The first-order chi connectivity index (χ1) is 6.22. The third-order valence-electron chi connectivity index (χ3n) is 2.43. The highest BCUT2D eigenvalue weighted by Gasteiger charge is 2.05. The van der Waals surface area contributed by atoms with Crippen LogP contribution in [0.1, 0.15) is 18.1 Å². The molecule has 0 saturated heterocycles. The zero-order chi connectivity index (χ0) is 9.42. The smallest absolute Gasteiger partial charge is 0.128 e. The lowest BCUT2D eigenvalue weighted by molar-refractivity contribution is 0.620. The minimum Gasteiger partial charge on any atom is -0.361 e. The first-order valence-corrected chi connectivity index (χ1v) is 4.48. The summed E-state index contributed by atoms with van der Waals surface area (Å²) >= 11 is 0. The van der Waals surface area contributed by atoms with Gasteiger partial charge in [-0.25, -0.2) is 4.39 Å². The molecule has 0 atom stereocenters. The van der Waals surface area contributed by atoms with Crippen molar-refractivity contribution >= 4 is 10.9 Å². The molecule has 0 fully saturated rings. The molecular weight excluding hydrogens is 165 g/mol. The van der Waals surface area contributed by atoms with Gasteiger partial charge >= 0.3 is 0 Å². The van der Waals surface area contributed by atoms with E-state index >= 15 is 0 Å². The Hall–Kier alpha value is -1.31. The fourth-order valence-corrected chi connectivity index (χ4v) is 1.60. The standard InChI is InChI=1S/C11H12FN/c1-3-8-6-13-11-5-10(12)7(2)4-9(8)11/h4-6,13H,3H2,1-2H3. The molecule has 0 amide bonds. The molecular formula is C11H12FN. The summed E-state index contributed by atoms with van der Waals surface area (Å²) in [6.07, 6.45) is 2.93. The van der Waals surface area contributed by atoms with Crippen LogP contribution in [-0.2, 0) is 6.42 Å². The van der Waals surface area contributed by atoms with Gasteiger partial charge < -0.3 is 4.98 Å². The zero-order valence-corrected chi connectivity index (χ0v) is 7.82. The summed E-state index contributed by atoms with van der Waals surface area (Å²) in [4.78, 5) is 3.07. The molecule has 0 spiro atoms. The Kier molecular flexibility index (Phi) is 1.83. The van der Waals surface area contributed by atoms with E-state index in [1.165, 1.54) is 5.56 Å². The number of aromatic nitrogens is 1. The first kappa shape index (κ1) is 8.30. The van der Waals surface area contributed by atoms with Crippen molar-refractivity contribution in [1.82, 2.24) is 4.98 Å². The quantitative estimate of drug-likeness (QED) is 0.688. The van der Waals surface area contributed by atoms with Crippen molar-refractivity contribution in [2.45, 2.75) is 20.3 Å². The lowest BCUT2D eigenvalue weighted by Gasteiger charge is -1.98. The van der Waals surface area contributed by atoms with Crippen LogP contribution in [0.3, 0.4) is 0 Å². The molecule has 1 N–H and O–H groups in total. The molecule has 1 aromatic carbocycles. The van der Waals surface area contributed by atoms with Gasteiger partial charge in [-0.15, -0.1) is 0 Å². The van der Waals surface area contributed by atoms with Crippen LogP contribution in [0.15, 0.2) is 18.3 Å². The topological polar surface area (TPSA) is 15.8 Å². The molecule has 2 aromatic rings. The monoisotopic (exact) mass is 177 g/mol. The highest BCUT2D eigenvalue weighted by molar-refractivity contribution is 5.83. The number of aromatic amines is 1. The van der Waals surface area contributed by atoms with Gasteiger partial charge in [0, 0.05) is 17.1 Å². The van der Waals surface area contributed by atoms with Crippen LogP contribution < -0.4 is 0 Å². The van der Waals surface area contributed by atoms with E-state index in [-0.39, 0.29) is 5.82 Å². The fourth-order valence-electron chi connectivity index (χ4n) is 1.60. The summed E-state index contributed by atoms with van der Waals surface area (Å²) in [6.45, 7) is 3.89. The van der Waals surface area contributed by atoms with Crippen LogP contribution >= 0.6 is 0 Å². The van der Waals surface area contributed by atoms with Crippen LogP contribution in [-0.4, -0.2) is 4.98 Å². The Morgan fingerprint density at radius 3 is 2.85 bits per heavy atom. The maximum Gasteiger partial charge on any atom is 0.128 e. The van der Waals surface area contributed by atoms with Crippen molar-refractivity contribution in [2.24, 2.45) is 0 Å². The van der Waals surface area contributed by atoms with Gasteiger partial charge in [-0.2, -0.15) is 0 Å². The van der Waals surface area contributed by atoms with Gasteiger partial charge in [0.05, 0.1) is 0 Å². The minimum atomic E-state index is -0.142. The predicted octanol–water partition coefficient (Wildman–Crippen LogP) is 3.18. The van der Waals surface area contributed by atoms with E-state index in [9.17, 15) is 4.39 Å². The van der Waals surface area contributed by atoms with Crippen molar-refractivity contribution in [1.29, 1.82) is 0 Å². The third kappa shape index (κ3) is 1.22. The third-order valence-corrected chi connectivity index (χ3v) is 2.43. The molecule has 0 aliphatic rings. The highest BCUT2D eigenvalue weighted by atomic mass is 19.1. The van der Waals surface area contributed by atoms with Crippen LogP contribution in [0.2, 0.25) is 0 Å². The van der Waals surface area contributed by atoms with Gasteiger partial charge in [-0.1, -0.05) is 6.92 Å². The number of hydrogen-bond acceptors (Lipinski definition) is 0. The van der Waals surface area contributed by atoms with E-state index in [4.69, 9.17) is 0 Å². The molecule has 13 heavy (non-hydrogen) atoms. The number of fused-ring (bicyclic) bond motifs is 1. The van der Waals surface area contributed by atoms with Crippen molar-refractivity contribution < 1.29 is 4.39 Å². The zero-order valence-electron chi connectivity index (χ0n) is 7.82. The lowest BCUT2D eigenvalue weighted by Crippen LogP contribution is -1.82. The number of aryl methyl sites for hydroxylation is 2. The molecule has 2 heteroatoms. The van der Waals surface area contributed by atoms with Crippen molar-refractivity contribution in [3.05, 3.63) is 35.3 Å². The number of hydrogen-bond donors (Lipinski definition) is 1. The van der Waals surface area contributed by atoms with E-state index in [1.54, 1.807) is 13.0 Å². The number of rotatable bonds is 1. The molecule has 0 aliphatic heterocycles. The molecule has 1 aromatic heterocycles. The largest absolute Gasteiger partial charge is 0.361 e. The molecule has 68 valence electrons. The van der Waals surface area contributed by atoms with Gasteiger partial charge in [-0.3, -0.25) is 0 Å². The molecule has 2 rings (SSSR count). The average molecular weight is 177 g/mol. The number of H-pyrrole nitrogens is 1. The normalized spacial score (nSPS) is 11.0. The second kappa shape index (κ2) is 2.87. The molecule has 0 saturated carbocycles. The predicted molar refractivity (Wildman–Crippen MR) is 52.4 cm³/mol. The van der Waals surface area contributed by atoms with Gasteiger partial charge in [-0.05, 0) is 36.6 Å². The van der Waals surface area contributed by atoms with Crippen molar-refractivity contribution in [3.8, 4) is 0 Å². The SMILES string of the molecule is CCc1c[nH]c2cc(F)c(C)cc12. The Morgan fingerprint density at radius 1 is 1.38 bits per heavy atom. The van der Waals surface area contributed by atoms with Gasteiger partial charge in [0.1, 0.15) is 5.82 Å². The average Bonchev–Trinajstić information content (AvgIpc) is 2.48. The summed E-state index contributed by atoms with van der Waals surface area (Å²) in [6, 6.07) is 3.46. The van der Waals surface area contributed by atoms with E-state index in [0.29, 0.717) is 5.56 Å². The fraction of sp³-hybridized carbons (Fsp3) is 0.273. The Morgan fingerprint density at radius 2 is 2.15 bits per heavy atom. The minimum absolute atomic E-state index is 0.142. The van der Waals surface area contributed by atoms with E-state index in [0.717, 1.165) is 17.3 Å². The summed E-state index contributed by atoms with van der Waals surface area (Å²) in [5, 5.41) is 1.14. The summed E-state index contributed by atoms with van der Waals surface area (Å²) in [7, 11) is 0. The molecule has 0 bridgehead atoms. The highest BCUT2D eigenvalue weighted by Crippen LogP contribution is 2.21. The number of nitrogens with one attached hydrogen (secondary N) is 1. The van der Waals surface area contributed by atoms with Gasteiger partial charge in [0.25, 0.3) is 0 Å². The Labute approximate surface area is 76.6 Å². The van der Waals surface area contributed by atoms with Crippen molar-refractivity contribution in [2.75, 3.05) is 0 Å². The van der Waals surface area contributed by atoms with Gasteiger partial charge in [0.2, 0.25) is 0 Å². The van der Waals surface area contributed by atoms with Crippen LogP contribution in [0, 0.1) is 12.7 Å². The maximum absolute atomic E-state index is 13.1. The molecule has 0 radical (unpaired) electrons. The second-order valence-electron chi connectivity index (χ2n) is 3.31. The van der Waals surface area contributed by atoms with Crippen LogP contribution in [0.4, 0.5) is 4.39 Å². The summed E-state index contributed by atoms with van der Waals surface area (Å²) in [5.41, 5.74) is 2.85.